The van der Waals surface area contributed by atoms with Crippen LogP contribution < -0.4 is 4.72 Å². The smallest absolute Gasteiger partial charge is 0.273 e. The molecule has 0 aliphatic rings. The van der Waals surface area contributed by atoms with Gasteiger partial charge in [0.2, 0.25) is 0 Å². The van der Waals surface area contributed by atoms with E-state index in [1.54, 1.807) is 19.9 Å². The zero-order valence-electron chi connectivity index (χ0n) is 12.0. The van der Waals surface area contributed by atoms with Gasteiger partial charge in [-0.15, -0.1) is 0 Å². The zero-order chi connectivity index (χ0) is 17.4. The Morgan fingerprint density at radius 1 is 1.30 bits per heavy atom. The molecule has 0 saturated carbocycles. The number of pyridine rings is 1. The summed E-state index contributed by atoms with van der Waals surface area (Å²) in [5.41, 5.74) is 0.716. The first-order valence-electron chi connectivity index (χ1n) is 6.21. The molecule has 2 aromatic rings. The van der Waals surface area contributed by atoms with Gasteiger partial charge in [0.15, 0.2) is 0 Å². The molecule has 1 N–H and O–H groups in total. The zero-order valence-corrected chi connectivity index (χ0v) is 15.2. The van der Waals surface area contributed by atoms with Crippen LogP contribution in [0.1, 0.15) is 11.1 Å². The molecule has 0 fully saturated rings. The number of halogens is 2. The fourth-order valence-electron chi connectivity index (χ4n) is 1.97. The highest BCUT2D eigenvalue weighted by molar-refractivity contribution is 9.10. The molecule has 1 heterocycles. The Hall–Kier alpha value is -1.71. The van der Waals surface area contributed by atoms with E-state index in [2.05, 4.69) is 25.6 Å². The van der Waals surface area contributed by atoms with Crippen LogP contribution in [0.15, 0.2) is 33.8 Å². The minimum atomic E-state index is -4.05. The number of nitrogens with zero attached hydrogens (tertiary/aromatic N) is 2. The molecule has 0 bridgehead atoms. The highest BCUT2D eigenvalue weighted by Crippen LogP contribution is 2.32. The number of nitro benzene ring substituents is 1. The minimum absolute atomic E-state index is 0.0772. The summed E-state index contributed by atoms with van der Waals surface area (Å²) < 4.78 is 27.4. The van der Waals surface area contributed by atoms with Gasteiger partial charge in [0.1, 0.15) is 15.7 Å². The molecule has 7 nitrogen and oxygen atoms in total. The third-order valence-electron chi connectivity index (χ3n) is 2.97. The Balaban J connectivity index is 2.53. The second-order valence-corrected chi connectivity index (χ2v) is 7.68. The van der Waals surface area contributed by atoms with Crippen molar-refractivity contribution in [3.63, 3.8) is 0 Å². The molecule has 0 aliphatic heterocycles. The fourth-order valence-corrected chi connectivity index (χ4v) is 3.69. The van der Waals surface area contributed by atoms with Crippen molar-refractivity contribution in [3.05, 3.63) is 55.3 Å². The monoisotopic (exact) mass is 419 g/mol. The largest absolute Gasteiger partial charge is 0.293 e. The van der Waals surface area contributed by atoms with Gasteiger partial charge in [-0.25, -0.2) is 13.4 Å². The Morgan fingerprint density at radius 3 is 2.52 bits per heavy atom. The number of benzene rings is 1. The molecule has 23 heavy (non-hydrogen) atoms. The van der Waals surface area contributed by atoms with Gasteiger partial charge in [0.25, 0.3) is 15.7 Å². The summed E-state index contributed by atoms with van der Waals surface area (Å²) in [6.07, 6.45) is 1.07. The van der Waals surface area contributed by atoms with E-state index >= 15 is 0 Å². The Kier molecular flexibility index (Phi) is 4.92. The van der Waals surface area contributed by atoms with E-state index in [1.165, 1.54) is 12.1 Å². The van der Waals surface area contributed by atoms with E-state index < -0.39 is 14.9 Å². The number of aromatic nitrogens is 1. The predicted octanol–water partition coefficient (Wildman–Crippen LogP) is 3.82. The molecule has 0 radical (unpaired) electrons. The fraction of sp³-hybridized carbons (Fsp3) is 0.154. The van der Waals surface area contributed by atoms with Gasteiger partial charge in [-0.1, -0.05) is 17.7 Å². The van der Waals surface area contributed by atoms with Crippen molar-refractivity contribution >= 4 is 48.9 Å². The van der Waals surface area contributed by atoms with Crippen LogP contribution in [0.4, 0.5) is 11.4 Å². The van der Waals surface area contributed by atoms with Gasteiger partial charge in [-0.2, -0.15) is 0 Å². The van der Waals surface area contributed by atoms with Crippen molar-refractivity contribution in [2.75, 3.05) is 4.72 Å². The second-order valence-electron chi connectivity index (χ2n) is 4.78. The Bertz CT molecular complexity index is 902. The maximum absolute atomic E-state index is 12.4. The summed E-state index contributed by atoms with van der Waals surface area (Å²) in [5, 5.41) is 11.3. The number of hydrogen-bond donors (Lipinski definition) is 1. The third kappa shape index (κ3) is 3.80. The van der Waals surface area contributed by atoms with E-state index in [0.29, 0.717) is 15.6 Å². The van der Waals surface area contributed by atoms with Gasteiger partial charge in [0.05, 0.1) is 9.40 Å². The quantitative estimate of drug-likeness (QED) is 0.460. The first kappa shape index (κ1) is 17.6. The first-order chi connectivity index (χ1) is 10.6. The van der Waals surface area contributed by atoms with Crippen LogP contribution in [0.2, 0.25) is 5.15 Å². The lowest BCUT2D eigenvalue weighted by Gasteiger charge is -2.12. The van der Waals surface area contributed by atoms with Gasteiger partial charge in [0, 0.05) is 12.3 Å². The number of hydrogen-bond acceptors (Lipinski definition) is 5. The highest BCUT2D eigenvalue weighted by atomic mass is 79.9. The van der Waals surface area contributed by atoms with Crippen molar-refractivity contribution in [2.24, 2.45) is 0 Å². The lowest BCUT2D eigenvalue weighted by molar-refractivity contribution is -0.384. The van der Waals surface area contributed by atoms with Crippen LogP contribution in [0.3, 0.4) is 0 Å². The molecule has 0 unspecified atom stereocenters. The second kappa shape index (κ2) is 6.42. The van der Waals surface area contributed by atoms with Crippen LogP contribution in [-0.2, 0) is 10.0 Å². The van der Waals surface area contributed by atoms with Crippen LogP contribution in [0.5, 0.6) is 0 Å². The van der Waals surface area contributed by atoms with E-state index in [1.807, 2.05) is 0 Å². The average molecular weight is 421 g/mol. The van der Waals surface area contributed by atoms with Crippen molar-refractivity contribution in [3.8, 4) is 0 Å². The predicted molar refractivity (Wildman–Crippen MR) is 90.3 cm³/mol. The van der Waals surface area contributed by atoms with Crippen molar-refractivity contribution in [2.45, 2.75) is 18.7 Å². The summed E-state index contributed by atoms with van der Waals surface area (Å²) in [4.78, 5) is 14.1. The third-order valence-corrected chi connectivity index (χ3v) is 5.42. The molecule has 1 aromatic heterocycles. The van der Waals surface area contributed by atoms with Gasteiger partial charge in [-0.3, -0.25) is 14.8 Å². The lowest BCUT2D eigenvalue weighted by Crippen LogP contribution is -2.15. The summed E-state index contributed by atoms with van der Waals surface area (Å²) in [5.74, 6) is 0. The van der Waals surface area contributed by atoms with Crippen LogP contribution in [0.25, 0.3) is 0 Å². The molecule has 2 rings (SSSR count). The molecular formula is C13H11BrClN3O4S. The Labute approximate surface area is 146 Å². The molecule has 0 saturated heterocycles. The highest BCUT2D eigenvalue weighted by Gasteiger charge is 2.24. The van der Waals surface area contributed by atoms with E-state index in [4.69, 9.17) is 11.6 Å². The summed E-state index contributed by atoms with van der Waals surface area (Å²) in [7, 11) is -4.05. The summed E-state index contributed by atoms with van der Waals surface area (Å²) in [6.45, 7) is 3.28. The van der Waals surface area contributed by atoms with Gasteiger partial charge >= 0.3 is 0 Å². The molecular weight excluding hydrogens is 410 g/mol. The number of nitro groups is 1. The number of aryl methyl sites for hydroxylation is 2. The molecule has 0 aliphatic carbocycles. The lowest BCUT2D eigenvalue weighted by atomic mass is 10.1. The number of sulfonamides is 1. The molecule has 0 atom stereocenters. The van der Waals surface area contributed by atoms with Crippen molar-refractivity contribution < 1.29 is 13.3 Å². The first-order valence-corrected chi connectivity index (χ1v) is 8.86. The van der Waals surface area contributed by atoms with Crippen LogP contribution in [-0.4, -0.2) is 18.3 Å². The maximum atomic E-state index is 12.4. The normalized spacial score (nSPS) is 11.3. The number of rotatable bonds is 4. The minimum Gasteiger partial charge on any atom is -0.273 e. The number of anilines is 1. The number of nitrogens with one attached hydrogen (secondary N) is 1. The molecule has 122 valence electrons. The topological polar surface area (TPSA) is 102 Å². The standard InChI is InChI=1S/C13H11BrClN3O4S/c1-7-3-8(2)12(11(4-7)18(19)20)17-23(21,22)9-5-10(14)13(15)16-6-9/h3-6,17H,1-2H3. The molecule has 0 spiro atoms. The molecule has 0 amide bonds. The average Bonchev–Trinajstić information content (AvgIpc) is 2.44. The van der Waals surface area contributed by atoms with Gasteiger partial charge < -0.3 is 0 Å². The van der Waals surface area contributed by atoms with Crippen molar-refractivity contribution in [1.82, 2.24) is 4.98 Å². The summed E-state index contributed by atoms with van der Waals surface area (Å²) in [6, 6.07) is 4.23. The van der Waals surface area contributed by atoms with E-state index in [0.717, 1.165) is 6.20 Å². The van der Waals surface area contributed by atoms with Crippen LogP contribution >= 0.6 is 27.5 Å². The van der Waals surface area contributed by atoms with Gasteiger partial charge in [-0.05, 0) is 47.0 Å². The summed E-state index contributed by atoms with van der Waals surface area (Å²) >= 11 is 8.83. The molecule has 1 aromatic carbocycles. The Morgan fingerprint density at radius 2 is 1.96 bits per heavy atom. The molecule has 10 heteroatoms. The van der Waals surface area contributed by atoms with Crippen LogP contribution in [0, 0.1) is 24.0 Å². The van der Waals surface area contributed by atoms with E-state index in [9.17, 15) is 18.5 Å². The van der Waals surface area contributed by atoms with Crippen molar-refractivity contribution in [1.29, 1.82) is 0 Å². The van der Waals surface area contributed by atoms with E-state index in [-0.39, 0.29) is 21.4 Å². The SMILES string of the molecule is Cc1cc(C)c(NS(=O)(=O)c2cnc(Cl)c(Br)c2)c([N+](=O)[O-])c1. The maximum Gasteiger partial charge on any atom is 0.293 e.